The van der Waals surface area contributed by atoms with E-state index in [2.05, 4.69) is 4.98 Å². The van der Waals surface area contributed by atoms with Gasteiger partial charge in [-0.3, -0.25) is 9.78 Å². The van der Waals surface area contributed by atoms with Crippen molar-refractivity contribution in [3.8, 4) is 0 Å². The number of nitrogen functional groups attached to an aromatic ring is 1. The number of Topliss-reactive ketones (excluding diaryl/α,β-unsaturated/α-hetero) is 1. The number of alkyl halides is 3. The van der Waals surface area contributed by atoms with Crippen LogP contribution in [0.3, 0.4) is 0 Å². The molecule has 1 heterocycles. The number of nitrogens with two attached hydrogens (primary N) is 1. The van der Waals surface area contributed by atoms with Gasteiger partial charge in [-0.1, -0.05) is 0 Å². The summed E-state index contributed by atoms with van der Waals surface area (Å²) in [5.74, 6) is -1.07. The molecule has 0 saturated heterocycles. The van der Waals surface area contributed by atoms with Crippen molar-refractivity contribution in [1.82, 2.24) is 4.98 Å². The second-order valence-electron chi connectivity index (χ2n) is 2.68. The Balaban J connectivity index is 2.86. The molecule has 14 heavy (non-hydrogen) atoms. The van der Waals surface area contributed by atoms with Gasteiger partial charge in [-0.25, -0.2) is 0 Å². The van der Waals surface area contributed by atoms with Gasteiger partial charge in [0, 0.05) is 18.1 Å². The Morgan fingerprint density at radius 3 is 2.64 bits per heavy atom. The van der Waals surface area contributed by atoms with Crippen molar-refractivity contribution >= 4 is 11.5 Å². The van der Waals surface area contributed by atoms with E-state index in [1.165, 1.54) is 12.3 Å². The van der Waals surface area contributed by atoms with E-state index >= 15 is 0 Å². The van der Waals surface area contributed by atoms with E-state index in [0.717, 1.165) is 6.20 Å². The van der Waals surface area contributed by atoms with Crippen LogP contribution in [0.5, 0.6) is 0 Å². The van der Waals surface area contributed by atoms with E-state index in [1.54, 1.807) is 0 Å². The predicted octanol–water partition coefficient (Wildman–Crippen LogP) is 1.80. The molecular formula is C8H7F3N2O. The van der Waals surface area contributed by atoms with E-state index < -0.39 is 18.4 Å². The number of hydrogen-bond donors (Lipinski definition) is 1. The summed E-state index contributed by atoms with van der Waals surface area (Å²) in [5, 5.41) is 0. The van der Waals surface area contributed by atoms with Crippen LogP contribution in [-0.2, 0) is 0 Å². The number of halogens is 3. The number of nitrogens with zero attached hydrogens (tertiary/aromatic N) is 1. The maximum atomic E-state index is 11.8. The third-order valence-electron chi connectivity index (χ3n) is 1.52. The molecule has 0 fully saturated rings. The van der Waals surface area contributed by atoms with E-state index in [9.17, 15) is 18.0 Å². The standard InChI is InChI=1S/C8H7F3N2O/c9-8(10,11)3-7(14)5-4-13-2-1-6(5)12/h1-2,4H,3H2,(H2,12,13). The molecular weight excluding hydrogens is 197 g/mol. The first-order valence-corrected chi connectivity index (χ1v) is 3.69. The first kappa shape index (κ1) is 10.5. The van der Waals surface area contributed by atoms with Gasteiger partial charge in [0.15, 0.2) is 5.78 Å². The van der Waals surface area contributed by atoms with Gasteiger partial charge in [0.25, 0.3) is 0 Å². The highest BCUT2D eigenvalue weighted by Gasteiger charge is 2.32. The monoisotopic (exact) mass is 204 g/mol. The summed E-state index contributed by atoms with van der Waals surface area (Å²) >= 11 is 0. The molecule has 6 heteroatoms. The Morgan fingerprint density at radius 1 is 1.50 bits per heavy atom. The molecule has 3 nitrogen and oxygen atoms in total. The summed E-state index contributed by atoms with van der Waals surface area (Å²) in [6.45, 7) is 0. The topological polar surface area (TPSA) is 56.0 Å². The van der Waals surface area contributed by atoms with E-state index in [-0.39, 0.29) is 11.3 Å². The number of anilines is 1. The molecule has 2 N–H and O–H groups in total. The summed E-state index contributed by atoms with van der Waals surface area (Å²) in [6, 6.07) is 1.28. The zero-order chi connectivity index (χ0) is 10.8. The highest BCUT2D eigenvalue weighted by molar-refractivity contribution is 6.00. The Labute approximate surface area is 77.7 Å². The molecule has 0 bridgehead atoms. The van der Waals surface area contributed by atoms with Crippen LogP contribution in [0.2, 0.25) is 0 Å². The van der Waals surface area contributed by atoms with Crippen molar-refractivity contribution in [2.75, 3.05) is 5.73 Å². The fraction of sp³-hybridized carbons (Fsp3) is 0.250. The molecule has 0 unspecified atom stereocenters. The molecule has 1 aromatic heterocycles. The molecule has 0 aliphatic carbocycles. The Hall–Kier alpha value is -1.59. The summed E-state index contributed by atoms with van der Waals surface area (Å²) in [5.41, 5.74) is 5.13. The van der Waals surface area contributed by atoms with Crippen molar-refractivity contribution in [3.05, 3.63) is 24.0 Å². The molecule has 0 spiro atoms. The average Bonchev–Trinajstić information content (AvgIpc) is 2.01. The number of carbonyl (C=O) groups excluding carboxylic acids is 1. The van der Waals surface area contributed by atoms with Gasteiger partial charge in [0.05, 0.1) is 5.56 Å². The minimum Gasteiger partial charge on any atom is -0.398 e. The normalized spacial score (nSPS) is 11.4. The van der Waals surface area contributed by atoms with Gasteiger partial charge in [-0.05, 0) is 6.07 Å². The zero-order valence-electron chi connectivity index (χ0n) is 7.01. The molecule has 0 aliphatic rings. The Morgan fingerprint density at radius 2 is 2.14 bits per heavy atom. The van der Waals surface area contributed by atoms with Crippen LogP contribution >= 0.6 is 0 Å². The van der Waals surface area contributed by atoms with Crippen molar-refractivity contribution < 1.29 is 18.0 Å². The smallest absolute Gasteiger partial charge is 0.396 e. The van der Waals surface area contributed by atoms with Crippen LogP contribution in [0.4, 0.5) is 18.9 Å². The van der Waals surface area contributed by atoms with Gasteiger partial charge >= 0.3 is 6.18 Å². The maximum absolute atomic E-state index is 11.8. The summed E-state index contributed by atoms with van der Waals surface area (Å²) < 4.78 is 35.5. The van der Waals surface area contributed by atoms with Gasteiger partial charge in [-0.2, -0.15) is 13.2 Å². The van der Waals surface area contributed by atoms with Crippen molar-refractivity contribution in [1.29, 1.82) is 0 Å². The lowest BCUT2D eigenvalue weighted by atomic mass is 10.1. The first-order valence-electron chi connectivity index (χ1n) is 3.69. The minimum atomic E-state index is -4.51. The second kappa shape index (κ2) is 3.65. The fourth-order valence-electron chi connectivity index (χ4n) is 0.915. The van der Waals surface area contributed by atoms with Gasteiger partial charge < -0.3 is 5.73 Å². The van der Waals surface area contributed by atoms with Crippen molar-refractivity contribution in [2.45, 2.75) is 12.6 Å². The van der Waals surface area contributed by atoms with Crippen LogP contribution in [0.15, 0.2) is 18.5 Å². The van der Waals surface area contributed by atoms with Crippen LogP contribution in [0.1, 0.15) is 16.8 Å². The quantitative estimate of drug-likeness (QED) is 0.747. The molecule has 0 atom stereocenters. The van der Waals surface area contributed by atoms with Crippen LogP contribution < -0.4 is 5.73 Å². The predicted molar refractivity (Wildman–Crippen MR) is 43.7 cm³/mol. The largest absolute Gasteiger partial charge is 0.398 e. The van der Waals surface area contributed by atoms with Crippen LogP contribution in [0, 0.1) is 0 Å². The van der Waals surface area contributed by atoms with Crippen molar-refractivity contribution in [3.63, 3.8) is 0 Å². The third kappa shape index (κ3) is 2.72. The SMILES string of the molecule is Nc1ccncc1C(=O)CC(F)(F)F. The number of carbonyl (C=O) groups is 1. The fourth-order valence-corrected chi connectivity index (χ4v) is 0.915. The molecule has 0 saturated carbocycles. The number of rotatable bonds is 2. The lowest BCUT2D eigenvalue weighted by molar-refractivity contribution is -0.125. The first-order chi connectivity index (χ1) is 6.40. The van der Waals surface area contributed by atoms with Gasteiger partial charge in [-0.15, -0.1) is 0 Å². The second-order valence-corrected chi connectivity index (χ2v) is 2.68. The lowest BCUT2D eigenvalue weighted by Crippen LogP contribution is -2.16. The summed E-state index contributed by atoms with van der Waals surface area (Å²) in [7, 11) is 0. The summed E-state index contributed by atoms with van der Waals surface area (Å²) in [6.07, 6.45) is -3.69. The average molecular weight is 204 g/mol. The van der Waals surface area contributed by atoms with E-state index in [4.69, 9.17) is 5.73 Å². The minimum absolute atomic E-state index is 0.00856. The Bertz CT molecular complexity index is 349. The molecule has 1 rings (SSSR count). The number of pyridine rings is 1. The highest BCUT2D eigenvalue weighted by Crippen LogP contribution is 2.23. The molecule has 76 valence electrons. The highest BCUT2D eigenvalue weighted by atomic mass is 19.4. The number of aromatic nitrogens is 1. The number of hydrogen-bond acceptors (Lipinski definition) is 3. The maximum Gasteiger partial charge on any atom is 0.396 e. The lowest BCUT2D eigenvalue weighted by Gasteiger charge is -2.06. The van der Waals surface area contributed by atoms with Gasteiger partial charge in [0.2, 0.25) is 0 Å². The van der Waals surface area contributed by atoms with E-state index in [1.807, 2.05) is 0 Å². The third-order valence-corrected chi connectivity index (χ3v) is 1.52. The van der Waals surface area contributed by atoms with E-state index in [0.29, 0.717) is 0 Å². The molecule has 0 aromatic carbocycles. The molecule has 1 aromatic rings. The Kier molecular flexibility index (Phi) is 2.73. The molecule has 0 amide bonds. The van der Waals surface area contributed by atoms with Crippen LogP contribution in [0.25, 0.3) is 0 Å². The zero-order valence-corrected chi connectivity index (χ0v) is 7.01. The van der Waals surface area contributed by atoms with Crippen molar-refractivity contribution in [2.24, 2.45) is 0 Å². The number of ketones is 1. The molecule has 0 radical (unpaired) electrons. The molecule has 0 aliphatic heterocycles. The summed E-state index contributed by atoms with van der Waals surface area (Å²) in [4.78, 5) is 14.6. The van der Waals surface area contributed by atoms with Gasteiger partial charge in [0.1, 0.15) is 6.42 Å². The van der Waals surface area contributed by atoms with Crippen LogP contribution in [-0.4, -0.2) is 16.9 Å².